The summed E-state index contributed by atoms with van der Waals surface area (Å²) in [6.07, 6.45) is 26.6. The number of esters is 6. The Morgan fingerprint density at radius 1 is 0.527 bits per heavy atom. The number of hydrogen-bond donors (Lipinski definition) is 0. The van der Waals surface area contributed by atoms with Crippen LogP contribution in [0.5, 0.6) is 0 Å². The summed E-state index contributed by atoms with van der Waals surface area (Å²) in [4.78, 5) is 77.7. The maximum atomic E-state index is 13.2. The minimum atomic E-state index is -0.544. The number of cyclic esters (lactones) is 2. The second-order valence-corrected chi connectivity index (χ2v) is 24.7. The molecule has 12 nitrogen and oxygen atoms in total. The van der Waals surface area contributed by atoms with Gasteiger partial charge in [0.25, 0.3) is 0 Å². The Morgan fingerprint density at radius 3 is 1.26 bits per heavy atom. The van der Waals surface area contributed by atoms with Gasteiger partial charge < -0.3 is 28.4 Å². The van der Waals surface area contributed by atoms with Crippen molar-refractivity contribution in [3.63, 3.8) is 0 Å². The molecule has 0 radical (unpaired) electrons. The van der Waals surface area contributed by atoms with Gasteiger partial charge in [-0.3, -0.25) is 28.8 Å². The topological polar surface area (TPSA) is 158 Å². The van der Waals surface area contributed by atoms with Crippen molar-refractivity contribution in [2.24, 2.45) is 58.2 Å². The van der Waals surface area contributed by atoms with E-state index in [1.165, 1.54) is 11.1 Å². The Kier molecular flexibility index (Phi) is 21.7. The molecule has 6 aliphatic rings. The molecule has 74 heavy (non-hydrogen) atoms. The first-order chi connectivity index (χ1) is 35.2. The molecule has 0 aromatic rings. The summed E-state index contributed by atoms with van der Waals surface area (Å²) in [5.41, 5.74) is 1.38. The summed E-state index contributed by atoms with van der Waals surface area (Å²) < 4.78 is 35.9. The van der Waals surface area contributed by atoms with Crippen molar-refractivity contribution in [1.82, 2.24) is 0 Å². The van der Waals surface area contributed by atoms with Gasteiger partial charge in [-0.2, -0.15) is 0 Å². The Hall–Kier alpha value is -4.22. The van der Waals surface area contributed by atoms with Crippen molar-refractivity contribution in [3.8, 4) is 0 Å². The highest BCUT2D eigenvalue weighted by molar-refractivity contribution is 5.77. The molecule has 2 aliphatic heterocycles. The molecule has 2 fully saturated rings. The standard InChI is InChI=1S/C62H94O12/c1-11-61(7,8)59(67)73-51-33-39(3)31-43-25-23-41(5)49(57(43)51)29-27-45-35-47(37-55(65)69-45)71-53(63)21-19-17-15-13-14-16-18-20-22-54(64)72-48-36-46(70-56(66)38-48)28-30-50-42(6)24-26-44-32-40(4)34-52(58(44)50)74-60(68)62(9,10)12-2/h23-26,31-32,39-42,45-52,57-58H,11-22,27-30,33-38H2,1-10H3. The monoisotopic (exact) mass is 1030 g/mol. The molecule has 0 bridgehead atoms. The zero-order chi connectivity index (χ0) is 53.7. The van der Waals surface area contributed by atoms with E-state index in [1.54, 1.807) is 0 Å². The van der Waals surface area contributed by atoms with Gasteiger partial charge in [0, 0.05) is 37.5 Å². The van der Waals surface area contributed by atoms with Crippen molar-refractivity contribution in [2.45, 2.75) is 247 Å². The Bertz CT molecular complexity index is 1920. The molecule has 4 aliphatic carbocycles. The zero-order valence-electron chi connectivity index (χ0n) is 47.0. The number of carbonyl (C=O) groups is 6. The predicted octanol–water partition coefficient (Wildman–Crippen LogP) is 13.2. The van der Waals surface area contributed by atoms with Crippen LogP contribution in [0.25, 0.3) is 0 Å². The van der Waals surface area contributed by atoms with Crippen LogP contribution in [0.2, 0.25) is 0 Å². The average Bonchev–Trinajstić information content (AvgIpc) is 3.33. The van der Waals surface area contributed by atoms with Gasteiger partial charge in [0.15, 0.2) is 0 Å². The molecule has 0 saturated carbocycles. The second kappa shape index (κ2) is 27.2. The normalized spacial score (nSPS) is 31.9. The smallest absolute Gasteiger partial charge is 0.311 e. The Labute approximate surface area is 444 Å². The third-order valence-electron chi connectivity index (χ3n) is 17.8. The molecule has 0 spiro atoms. The second-order valence-electron chi connectivity index (χ2n) is 24.7. The fraction of sp³-hybridized carbons (Fsp3) is 0.774. The fourth-order valence-corrected chi connectivity index (χ4v) is 12.4. The fourth-order valence-electron chi connectivity index (χ4n) is 12.4. The van der Waals surface area contributed by atoms with E-state index in [-0.39, 0.29) is 109 Å². The summed E-state index contributed by atoms with van der Waals surface area (Å²) in [5.74, 6) is 0.313. The van der Waals surface area contributed by atoms with Crippen LogP contribution in [0.15, 0.2) is 47.6 Å². The molecule has 0 aromatic heterocycles. The van der Waals surface area contributed by atoms with Crippen LogP contribution in [0.3, 0.4) is 0 Å². The van der Waals surface area contributed by atoms with Gasteiger partial charge in [0.05, 0.1) is 23.7 Å². The molecule has 0 aromatic carbocycles. The maximum Gasteiger partial charge on any atom is 0.311 e. The molecular formula is C62H94O12. The van der Waals surface area contributed by atoms with Crippen LogP contribution in [-0.4, -0.2) is 72.4 Å². The quantitative estimate of drug-likeness (QED) is 0.0485. The van der Waals surface area contributed by atoms with E-state index in [0.29, 0.717) is 63.2 Å². The number of ether oxygens (including phenoxy) is 6. The predicted molar refractivity (Wildman–Crippen MR) is 285 cm³/mol. The van der Waals surface area contributed by atoms with Crippen LogP contribution in [0.4, 0.5) is 0 Å². The molecule has 414 valence electrons. The lowest BCUT2D eigenvalue weighted by Crippen LogP contribution is -2.43. The number of carbonyl (C=O) groups excluding carboxylic acids is 6. The average molecular weight is 1030 g/mol. The highest BCUT2D eigenvalue weighted by Crippen LogP contribution is 2.48. The third-order valence-corrected chi connectivity index (χ3v) is 17.8. The zero-order valence-corrected chi connectivity index (χ0v) is 47.0. The summed E-state index contributed by atoms with van der Waals surface area (Å²) >= 11 is 0. The van der Waals surface area contributed by atoms with Gasteiger partial charge in [0.2, 0.25) is 0 Å². The van der Waals surface area contributed by atoms with Crippen molar-refractivity contribution < 1.29 is 57.2 Å². The number of unbranched alkanes of at least 4 members (excludes halogenated alkanes) is 7. The Morgan fingerprint density at radius 2 is 0.892 bits per heavy atom. The van der Waals surface area contributed by atoms with Crippen molar-refractivity contribution in [1.29, 1.82) is 0 Å². The molecule has 0 N–H and O–H groups in total. The third kappa shape index (κ3) is 16.6. The number of hydrogen-bond acceptors (Lipinski definition) is 12. The first kappa shape index (κ1) is 59.0. The highest BCUT2D eigenvalue weighted by atomic mass is 16.6. The molecule has 2 saturated heterocycles. The number of fused-ring (bicyclic) bond motifs is 2. The maximum absolute atomic E-state index is 13.2. The lowest BCUT2D eigenvalue weighted by Gasteiger charge is -2.44. The van der Waals surface area contributed by atoms with Crippen LogP contribution in [0.1, 0.15) is 210 Å². The molecular weight excluding hydrogens is 937 g/mol. The molecule has 14 atom stereocenters. The molecule has 12 heteroatoms. The van der Waals surface area contributed by atoms with Gasteiger partial charge in [-0.15, -0.1) is 0 Å². The summed E-state index contributed by atoms with van der Waals surface area (Å²) in [5, 5.41) is 0. The van der Waals surface area contributed by atoms with E-state index in [0.717, 1.165) is 77.0 Å². The number of rotatable bonds is 25. The molecule has 2 heterocycles. The summed E-state index contributed by atoms with van der Waals surface area (Å²) in [7, 11) is 0. The SMILES string of the molecule is CCC(C)(C)C(=O)OC1CC(C)C=C2C=CC(C)C(CCC3CC(OC(=O)CCCCCCCCCCC(=O)OC4CC(=O)OC(CCC5C(C)C=CC6=CC(C)CC(OC(=O)C(C)(C)CC)C65)C4)CC(=O)O3)C21. The van der Waals surface area contributed by atoms with Gasteiger partial charge in [-0.05, 0) is 139 Å². The summed E-state index contributed by atoms with van der Waals surface area (Å²) in [6.45, 7) is 20.6. The number of allylic oxidation sites excluding steroid dienone is 6. The van der Waals surface area contributed by atoms with Crippen LogP contribution < -0.4 is 0 Å². The van der Waals surface area contributed by atoms with E-state index in [4.69, 9.17) is 28.4 Å². The van der Waals surface area contributed by atoms with Crippen molar-refractivity contribution >= 4 is 35.8 Å². The first-order valence-corrected chi connectivity index (χ1v) is 29.2. The lowest BCUT2D eigenvalue weighted by molar-refractivity contribution is -0.172. The van der Waals surface area contributed by atoms with Gasteiger partial charge in [0.1, 0.15) is 36.6 Å². The van der Waals surface area contributed by atoms with Gasteiger partial charge in [-0.1, -0.05) is 117 Å². The van der Waals surface area contributed by atoms with Gasteiger partial charge >= 0.3 is 35.8 Å². The van der Waals surface area contributed by atoms with Crippen molar-refractivity contribution in [3.05, 3.63) is 47.6 Å². The molecule has 6 rings (SSSR count). The minimum Gasteiger partial charge on any atom is -0.462 e. The molecule has 0 amide bonds. The highest BCUT2D eigenvalue weighted by Gasteiger charge is 2.46. The molecule has 14 unspecified atom stereocenters. The van der Waals surface area contributed by atoms with E-state index >= 15 is 0 Å². The van der Waals surface area contributed by atoms with E-state index < -0.39 is 23.0 Å². The van der Waals surface area contributed by atoms with E-state index in [9.17, 15) is 28.8 Å². The first-order valence-electron chi connectivity index (χ1n) is 29.2. The van der Waals surface area contributed by atoms with Crippen LogP contribution in [-0.2, 0) is 57.2 Å². The van der Waals surface area contributed by atoms with E-state index in [1.807, 2.05) is 41.5 Å². The van der Waals surface area contributed by atoms with Crippen molar-refractivity contribution in [2.75, 3.05) is 0 Å². The van der Waals surface area contributed by atoms with Gasteiger partial charge in [-0.25, -0.2) is 0 Å². The van der Waals surface area contributed by atoms with Crippen LogP contribution >= 0.6 is 0 Å². The van der Waals surface area contributed by atoms with Crippen LogP contribution in [0, 0.1) is 58.2 Å². The van der Waals surface area contributed by atoms with E-state index in [2.05, 4.69) is 64.2 Å². The largest absolute Gasteiger partial charge is 0.462 e. The minimum absolute atomic E-state index is 0.0788. The lowest BCUT2D eigenvalue weighted by atomic mass is 9.65. The summed E-state index contributed by atoms with van der Waals surface area (Å²) in [6, 6.07) is 0. The Balaban J connectivity index is 0.827.